The lowest BCUT2D eigenvalue weighted by molar-refractivity contribution is -0.155. The van der Waals surface area contributed by atoms with Gasteiger partial charge >= 0.3 is 5.97 Å². The Morgan fingerprint density at radius 2 is 1.94 bits per heavy atom. The molecule has 17 heavy (non-hydrogen) atoms. The minimum atomic E-state index is -0.659. The Kier molecular flexibility index (Phi) is 4.99. The van der Waals surface area contributed by atoms with Crippen LogP contribution in [0.3, 0.4) is 0 Å². The van der Waals surface area contributed by atoms with Crippen LogP contribution in [0, 0.1) is 5.92 Å². The van der Waals surface area contributed by atoms with Crippen LogP contribution in [0.25, 0.3) is 0 Å². The summed E-state index contributed by atoms with van der Waals surface area (Å²) < 4.78 is 0. The number of carboxylic acid groups (broad SMARTS) is 1. The maximum Gasteiger partial charge on any atom is 0.323 e. The van der Waals surface area contributed by atoms with E-state index in [4.69, 9.17) is 0 Å². The second kappa shape index (κ2) is 5.85. The zero-order chi connectivity index (χ0) is 13.1. The fraction of sp³-hybridized carbons (Fsp3) is 0.929. The van der Waals surface area contributed by atoms with Crippen molar-refractivity contribution in [3.05, 3.63) is 0 Å². The van der Waals surface area contributed by atoms with E-state index in [1.807, 2.05) is 6.92 Å². The summed E-state index contributed by atoms with van der Waals surface area (Å²) in [6.07, 6.45) is 5.23. The molecule has 1 aliphatic rings. The standard InChI is InChI=1S/C14H27NO2/c1-11(2)7-8-12(3)15-10-6-5-9-14(15,4)13(16)17/h11-12H,5-10H2,1-4H3,(H,16,17). The second-order valence-corrected chi connectivity index (χ2v) is 6.05. The number of carbonyl (C=O) groups is 1. The molecule has 1 N–H and O–H groups in total. The lowest BCUT2D eigenvalue weighted by Crippen LogP contribution is -2.58. The summed E-state index contributed by atoms with van der Waals surface area (Å²) in [5.74, 6) is 0.0342. The average molecular weight is 241 g/mol. The van der Waals surface area contributed by atoms with Crippen molar-refractivity contribution in [1.82, 2.24) is 4.90 Å². The van der Waals surface area contributed by atoms with Gasteiger partial charge in [0.2, 0.25) is 0 Å². The van der Waals surface area contributed by atoms with E-state index in [1.54, 1.807) is 0 Å². The fourth-order valence-corrected chi connectivity index (χ4v) is 2.81. The van der Waals surface area contributed by atoms with Crippen molar-refractivity contribution < 1.29 is 9.90 Å². The normalized spacial score (nSPS) is 28.3. The van der Waals surface area contributed by atoms with Gasteiger partial charge in [0.1, 0.15) is 5.54 Å². The molecular weight excluding hydrogens is 214 g/mol. The van der Waals surface area contributed by atoms with Crippen molar-refractivity contribution in [1.29, 1.82) is 0 Å². The number of hydrogen-bond donors (Lipinski definition) is 1. The van der Waals surface area contributed by atoms with Crippen LogP contribution in [0.15, 0.2) is 0 Å². The van der Waals surface area contributed by atoms with Crippen LogP contribution in [0.1, 0.15) is 59.8 Å². The van der Waals surface area contributed by atoms with Gasteiger partial charge in [0, 0.05) is 6.04 Å². The Labute approximate surface area is 105 Å². The monoisotopic (exact) mass is 241 g/mol. The summed E-state index contributed by atoms with van der Waals surface area (Å²) in [4.78, 5) is 13.7. The first-order valence-corrected chi connectivity index (χ1v) is 6.88. The molecule has 1 fully saturated rings. The van der Waals surface area contributed by atoms with Gasteiger partial charge in [0.15, 0.2) is 0 Å². The number of hydrogen-bond acceptors (Lipinski definition) is 2. The van der Waals surface area contributed by atoms with E-state index < -0.39 is 11.5 Å². The van der Waals surface area contributed by atoms with Crippen molar-refractivity contribution in [2.24, 2.45) is 5.92 Å². The molecule has 1 aliphatic heterocycles. The molecule has 0 saturated carbocycles. The van der Waals surface area contributed by atoms with E-state index in [-0.39, 0.29) is 0 Å². The molecular formula is C14H27NO2. The largest absolute Gasteiger partial charge is 0.480 e. The molecule has 2 unspecified atom stereocenters. The number of carboxylic acids is 1. The predicted molar refractivity (Wildman–Crippen MR) is 70.1 cm³/mol. The third kappa shape index (κ3) is 3.44. The first-order chi connectivity index (χ1) is 7.88. The van der Waals surface area contributed by atoms with Gasteiger partial charge < -0.3 is 5.11 Å². The lowest BCUT2D eigenvalue weighted by atomic mass is 9.86. The molecule has 1 saturated heterocycles. The van der Waals surface area contributed by atoms with Gasteiger partial charge in [0.25, 0.3) is 0 Å². The third-order valence-corrected chi connectivity index (χ3v) is 4.10. The molecule has 0 aliphatic carbocycles. The maximum absolute atomic E-state index is 11.5. The van der Waals surface area contributed by atoms with Crippen molar-refractivity contribution in [3.8, 4) is 0 Å². The molecule has 0 bridgehead atoms. The molecule has 2 atom stereocenters. The summed E-state index contributed by atoms with van der Waals surface area (Å²) >= 11 is 0. The van der Waals surface area contributed by atoms with Crippen LogP contribution in [-0.2, 0) is 4.79 Å². The Morgan fingerprint density at radius 3 is 2.47 bits per heavy atom. The minimum absolute atomic E-state index is 0.374. The summed E-state index contributed by atoms with van der Waals surface area (Å²) in [7, 11) is 0. The molecule has 0 amide bonds. The van der Waals surface area contributed by atoms with E-state index in [2.05, 4.69) is 25.7 Å². The van der Waals surface area contributed by atoms with Crippen LogP contribution >= 0.6 is 0 Å². The smallest absolute Gasteiger partial charge is 0.323 e. The maximum atomic E-state index is 11.5. The van der Waals surface area contributed by atoms with Crippen LogP contribution in [0.4, 0.5) is 0 Å². The molecule has 0 radical (unpaired) electrons. The van der Waals surface area contributed by atoms with Gasteiger partial charge in [-0.3, -0.25) is 9.69 Å². The summed E-state index contributed by atoms with van der Waals surface area (Å²) in [5, 5.41) is 9.45. The quantitative estimate of drug-likeness (QED) is 0.804. The highest BCUT2D eigenvalue weighted by Gasteiger charge is 2.43. The minimum Gasteiger partial charge on any atom is -0.480 e. The van der Waals surface area contributed by atoms with E-state index >= 15 is 0 Å². The van der Waals surface area contributed by atoms with E-state index in [0.29, 0.717) is 12.0 Å². The molecule has 0 aromatic heterocycles. The number of nitrogens with zero attached hydrogens (tertiary/aromatic N) is 1. The van der Waals surface area contributed by atoms with Crippen molar-refractivity contribution >= 4 is 5.97 Å². The Bertz CT molecular complexity index is 265. The molecule has 1 rings (SSSR count). The summed E-state index contributed by atoms with van der Waals surface area (Å²) in [6, 6.07) is 0.374. The van der Waals surface area contributed by atoms with Crippen LogP contribution in [0.2, 0.25) is 0 Å². The van der Waals surface area contributed by atoms with Gasteiger partial charge in [-0.05, 0) is 58.4 Å². The van der Waals surface area contributed by atoms with E-state index in [9.17, 15) is 9.90 Å². The van der Waals surface area contributed by atoms with Gasteiger partial charge in [0.05, 0.1) is 0 Å². The Hall–Kier alpha value is -0.570. The van der Waals surface area contributed by atoms with Gasteiger partial charge in [-0.25, -0.2) is 0 Å². The first kappa shape index (κ1) is 14.5. The molecule has 1 heterocycles. The topological polar surface area (TPSA) is 40.5 Å². The third-order valence-electron chi connectivity index (χ3n) is 4.10. The molecule has 100 valence electrons. The molecule has 0 spiro atoms. The first-order valence-electron chi connectivity index (χ1n) is 6.88. The fourth-order valence-electron chi connectivity index (χ4n) is 2.81. The molecule has 0 aromatic rings. The Balaban J connectivity index is 2.67. The lowest BCUT2D eigenvalue weighted by Gasteiger charge is -2.45. The predicted octanol–water partition coefficient (Wildman–Crippen LogP) is 3.14. The molecule has 0 aromatic carbocycles. The summed E-state index contributed by atoms with van der Waals surface area (Å²) in [5.41, 5.74) is -0.644. The number of aliphatic carboxylic acids is 1. The van der Waals surface area contributed by atoms with Crippen LogP contribution in [0.5, 0.6) is 0 Å². The summed E-state index contributed by atoms with van der Waals surface area (Å²) in [6.45, 7) is 9.44. The highest BCUT2D eigenvalue weighted by Crippen LogP contribution is 2.31. The van der Waals surface area contributed by atoms with E-state index in [1.165, 1.54) is 6.42 Å². The molecule has 3 nitrogen and oxygen atoms in total. The number of piperidine rings is 1. The van der Waals surface area contributed by atoms with Crippen molar-refractivity contribution in [2.45, 2.75) is 71.4 Å². The number of likely N-dealkylation sites (tertiary alicyclic amines) is 1. The highest BCUT2D eigenvalue weighted by molar-refractivity contribution is 5.78. The van der Waals surface area contributed by atoms with Gasteiger partial charge in [-0.2, -0.15) is 0 Å². The van der Waals surface area contributed by atoms with Crippen LogP contribution in [-0.4, -0.2) is 34.1 Å². The average Bonchev–Trinajstić information content (AvgIpc) is 2.26. The zero-order valence-corrected chi connectivity index (χ0v) is 11.7. The highest BCUT2D eigenvalue weighted by atomic mass is 16.4. The zero-order valence-electron chi connectivity index (χ0n) is 11.7. The molecule has 3 heteroatoms. The van der Waals surface area contributed by atoms with Crippen LogP contribution < -0.4 is 0 Å². The van der Waals surface area contributed by atoms with Gasteiger partial charge in [-0.1, -0.05) is 13.8 Å². The van der Waals surface area contributed by atoms with Gasteiger partial charge in [-0.15, -0.1) is 0 Å². The van der Waals surface area contributed by atoms with E-state index in [0.717, 1.165) is 32.2 Å². The van der Waals surface area contributed by atoms with Crippen molar-refractivity contribution in [3.63, 3.8) is 0 Å². The Morgan fingerprint density at radius 1 is 1.29 bits per heavy atom. The number of rotatable bonds is 5. The SMILES string of the molecule is CC(C)CCC(C)N1CCCCC1(C)C(=O)O. The second-order valence-electron chi connectivity index (χ2n) is 6.05. The van der Waals surface area contributed by atoms with Crippen molar-refractivity contribution in [2.75, 3.05) is 6.54 Å².